The van der Waals surface area contributed by atoms with E-state index in [1.54, 1.807) is 10.6 Å². The number of carbonyl (C=O) groups is 1. The number of rotatable bonds is 3. The topological polar surface area (TPSA) is 34.0 Å². The molecular formula is C13H12Br2N2O. The van der Waals surface area contributed by atoms with E-state index in [9.17, 15) is 4.79 Å². The summed E-state index contributed by atoms with van der Waals surface area (Å²) >= 11 is 6.76. The zero-order chi connectivity index (χ0) is 13.1. The standard InChI is InChI=1S/C13H12Br2N2O/c1-17-8-11(15)6-12(17)13(18)16-7-9-3-2-4-10(14)5-9/h2-6,8H,7H2,1H3,(H,16,18). The smallest absolute Gasteiger partial charge is 0.268 e. The molecule has 0 bridgehead atoms. The number of aryl methyl sites for hydroxylation is 1. The van der Waals surface area contributed by atoms with Crippen molar-refractivity contribution in [1.29, 1.82) is 0 Å². The molecule has 1 amide bonds. The molecule has 18 heavy (non-hydrogen) atoms. The summed E-state index contributed by atoms with van der Waals surface area (Å²) in [6.07, 6.45) is 1.86. The molecule has 0 saturated heterocycles. The molecule has 3 nitrogen and oxygen atoms in total. The highest BCUT2D eigenvalue weighted by Crippen LogP contribution is 2.14. The van der Waals surface area contributed by atoms with Gasteiger partial charge >= 0.3 is 0 Å². The molecular weight excluding hydrogens is 360 g/mol. The number of hydrogen-bond donors (Lipinski definition) is 1. The van der Waals surface area contributed by atoms with Gasteiger partial charge in [-0.2, -0.15) is 0 Å². The van der Waals surface area contributed by atoms with Crippen molar-refractivity contribution in [2.75, 3.05) is 0 Å². The van der Waals surface area contributed by atoms with Crippen LogP contribution >= 0.6 is 31.9 Å². The fourth-order valence-electron chi connectivity index (χ4n) is 1.67. The van der Waals surface area contributed by atoms with E-state index < -0.39 is 0 Å². The second kappa shape index (κ2) is 5.71. The highest BCUT2D eigenvalue weighted by atomic mass is 79.9. The minimum absolute atomic E-state index is 0.0804. The molecule has 94 valence electrons. The number of carbonyl (C=O) groups excluding carboxylic acids is 1. The Morgan fingerprint density at radius 3 is 2.67 bits per heavy atom. The summed E-state index contributed by atoms with van der Waals surface area (Å²) in [4.78, 5) is 12.0. The third-order valence-corrected chi connectivity index (χ3v) is 3.47. The van der Waals surface area contributed by atoms with Crippen LogP contribution in [0.25, 0.3) is 0 Å². The van der Waals surface area contributed by atoms with E-state index in [4.69, 9.17) is 0 Å². The molecule has 0 unspecified atom stereocenters. The zero-order valence-electron chi connectivity index (χ0n) is 9.78. The van der Waals surface area contributed by atoms with Gasteiger partial charge in [-0.25, -0.2) is 0 Å². The normalized spacial score (nSPS) is 10.4. The van der Waals surface area contributed by atoms with Crippen LogP contribution in [-0.4, -0.2) is 10.5 Å². The van der Waals surface area contributed by atoms with Crippen LogP contribution in [-0.2, 0) is 13.6 Å². The van der Waals surface area contributed by atoms with Crippen molar-refractivity contribution >= 4 is 37.8 Å². The fourth-order valence-corrected chi connectivity index (χ4v) is 2.64. The van der Waals surface area contributed by atoms with Crippen molar-refractivity contribution in [3.05, 3.63) is 56.7 Å². The number of nitrogens with zero attached hydrogens (tertiary/aromatic N) is 1. The van der Waals surface area contributed by atoms with Crippen molar-refractivity contribution in [3.63, 3.8) is 0 Å². The predicted octanol–water partition coefficient (Wildman–Crippen LogP) is 3.48. The molecule has 0 fully saturated rings. The molecule has 0 aliphatic carbocycles. The minimum atomic E-state index is -0.0804. The van der Waals surface area contributed by atoms with Crippen molar-refractivity contribution in [2.45, 2.75) is 6.54 Å². The Kier molecular flexibility index (Phi) is 4.24. The third kappa shape index (κ3) is 3.23. The molecule has 5 heteroatoms. The Morgan fingerprint density at radius 2 is 2.06 bits per heavy atom. The van der Waals surface area contributed by atoms with Crippen LogP contribution in [0, 0.1) is 0 Å². The molecule has 1 aromatic carbocycles. The van der Waals surface area contributed by atoms with E-state index in [0.29, 0.717) is 12.2 Å². The molecule has 1 N–H and O–H groups in total. The number of hydrogen-bond acceptors (Lipinski definition) is 1. The first-order valence-corrected chi connectivity index (χ1v) is 6.99. The lowest BCUT2D eigenvalue weighted by Crippen LogP contribution is -2.24. The first-order chi connectivity index (χ1) is 8.56. The van der Waals surface area contributed by atoms with E-state index in [1.165, 1.54) is 0 Å². The van der Waals surface area contributed by atoms with Crippen molar-refractivity contribution in [2.24, 2.45) is 7.05 Å². The fraction of sp³-hybridized carbons (Fsp3) is 0.154. The van der Waals surface area contributed by atoms with Gasteiger partial charge in [-0.3, -0.25) is 4.79 Å². The molecule has 0 aliphatic rings. The van der Waals surface area contributed by atoms with Crippen LogP contribution in [0.1, 0.15) is 16.1 Å². The number of amides is 1. The maximum absolute atomic E-state index is 12.0. The number of benzene rings is 1. The van der Waals surface area contributed by atoms with Gasteiger partial charge in [-0.15, -0.1) is 0 Å². The number of halogens is 2. The average Bonchev–Trinajstić information content (AvgIpc) is 2.66. The van der Waals surface area contributed by atoms with Gasteiger partial charge in [0.1, 0.15) is 5.69 Å². The van der Waals surface area contributed by atoms with E-state index in [-0.39, 0.29) is 5.91 Å². The second-order valence-electron chi connectivity index (χ2n) is 3.97. The molecule has 2 rings (SSSR count). The van der Waals surface area contributed by atoms with E-state index >= 15 is 0 Å². The van der Waals surface area contributed by atoms with Crippen LogP contribution in [0.5, 0.6) is 0 Å². The van der Waals surface area contributed by atoms with Crippen LogP contribution < -0.4 is 5.32 Å². The summed E-state index contributed by atoms with van der Waals surface area (Å²) in [5.74, 6) is -0.0804. The lowest BCUT2D eigenvalue weighted by Gasteiger charge is -2.06. The molecule has 0 spiro atoms. The summed E-state index contributed by atoms with van der Waals surface area (Å²) in [6, 6.07) is 9.67. The Bertz CT molecular complexity index is 578. The van der Waals surface area contributed by atoms with Gasteiger partial charge < -0.3 is 9.88 Å². The van der Waals surface area contributed by atoms with Gasteiger partial charge in [0.2, 0.25) is 0 Å². The van der Waals surface area contributed by atoms with E-state index in [2.05, 4.69) is 37.2 Å². The molecule has 0 saturated carbocycles. The Labute approximate surface area is 122 Å². The molecule has 1 aromatic heterocycles. The van der Waals surface area contributed by atoms with Crippen molar-refractivity contribution < 1.29 is 4.79 Å². The largest absolute Gasteiger partial charge is 0.347 e. The molecule has 0 radical (unpaired) electrons. The van der Waals surface area contributed by atoms with Gasteiger partial charge in [0, 0.05) is 28.7 Å². The molecule has 1 heterocycles. The van der Waals surface area contributed by atoms with Crippen molar-refractivity contribution in [1.82, 2.24) is 9.88 Å². The number of nitrogens with one attached hydrogen (secondary N) is 1. The summed E-state index contributed by atoms with van der Waals surface area (Å²) < 4.78 is 3.70. The van der Waals surface area contributed by atoms with Gasteiger partial charge in [0.15, 0.2) is 0 Å². The summed E-state index contributed by atoms with van der Waals surface area (Å²) in [5.41, 5.74) is 1.70. The Morgan fingerprint density at radius 1 is 1.28 bits per heavy atom. The Hall–Kier alpha value is -1.07. The highest BCUT2D eigenvalue weighted by Gasteiger charge is 2.10. The minimum Gasteiger partial charge on any atom is -0.347 e. The SMILES string of the molecule is Cn1cc(Br)cc1C(=O)NCc1cccc(Br)c1. The van der Waals surface area contributed by atoms with Crippen LogP contribution in [0.15, 0.2) is 45.5 Å². The van der Waals surface area contributed by atoms with Gasteiger partial charge in [-0.1, -0.05) is 28.1 Å². The summed E-state index contributed by atoms with van der Waals surface area (Å²) in [5, 5.41) is 2.90. The average molecular weight is 372 g/mol. The lowest BCUT2D eigenvalue weighted by molar-refractivity contribution is 0.0943. The molecule has 0 atom stereocenters. The first-order valence-electron chi connectivity index (χ1n) is 5.41. The van der Waals surface area contributed by atoms with Crippen LogP contribution in [0.3, 0.4) is 0 Å². The van der Waals surface area contributed by atoms with Crippen LogP contribution in [0.2, 0.25) is 0 Å². The van der Waals surface area contributed by atoms with Gasteiger partial charge in [0.05, 0.1) is 0 Å². The zero-order valence-corrected chi connectivity index (χ0v) is 13.0. The monoisotopic (exact) mass is 370 g/mol. The summed E-state index contributed by atoms with van der Waals surface area (Å²) in [7, 11) is 1.85. The Balaban J connectivity index is 2.03. The van der Waals surface area contributed by atoms with E-state index in [1.807, 2.05) is 37.5 Å². The second-order valence-corrected chi connectivity index (χ2v) is 5.80. The van der Waals surface area contributed by atoms with Crippen LogP contribution in [0.4, 0.5) is 0 Å². The van der Waals surface area contributed by atoms with Gasteiger partial charge in [-0.05, 0) is 39.7 Å². The maximum Gasteiger partial charge on any atom is 0.268 e. The predicted molar refractivity (Wildman–Crippen MR) is 78.4 cm³/mol. The molecule has 2 aromatic rings. The van der Waals surface area contributed by atoms with Crippen molar-refractivity contribution in [3.8, 4) is 0 Å². The lowest BCUT2D eigenvalue weighted by atomic mass is 10.2. The number of aromatic nitrogens is 1. The highest BCUT2D eigenvalue weighted by molar-refractivity contribution is 9.10. The van der Waals surface area contributed by atoms with Gasteiger partial charge in [0.25, 0.3) is 5.91 Å². The quantitative estimate of drug-likeness (QED) is 0.880. The molecule has 0 aliphatic heterocycles. The first kappa shape index (κ1) is 13.4. The summed E-state index contributed by atoms with van der Waals surface area (Å²) in [6.45, 7) is 0.515. The maximum atomic E-state index is 12.0. The van der Waals surface area contributed by atoms with E-state index in [0.717, 1.165) is 14.5 Å². The third-order valence-electron chi connectivity index (χ3n) is 2.55.